The molecule has 0 saturated carbocycles. The van der Waals surface area contributed by atoms with Crippen LogP contribution in [0.3, 0.4) is 0 Å². The lowest BCUT2D eigenvalue weighted by Gasteiger charge is -2.17. The Morgan fingerprint density at radius 2 is 1.90 bits per heavy atom. The molecule has 0 amide bonds. The van der Waals surface area contributed by atoms with E-state index in [1.165, 1.54) is 6.07 Å². The van der Waals surface area contributed by atoms with Crippen LogP contribution in [0.15, 0.2) is 56.7 Å². The maximum Gasteiger partial charge on any atom is 0.123 e. The van der Waals surface area contributed by atoms with E-state index in [4.69, 9.17) is 0 Å². The molecule has 1 N–H and O–H groups in total. The van der Waals surface area contributed by atoms with Crippen molar-refractivity contribution < 1.29 is 4.39 Å². The summed E-state index contributed by atoms with van der Waals surface area (Å²) < 4.78 is 14.6. The van der Waals surface area contributed by atoms with E-state index < -0.39 is 0 Å². The van der Waals surface area contributed by atoms with Gasteiger partial charge in [-0.3, -0.25) is 0 Å². The number of benzene rings is 2. The topological polar surface area (TPSA) is 12.0 Å². The largest absolute Gasteiger partial charge is 0.310 e. The van der Waals surface area contributed by atoms with E-state index in [1.807, 2.05) is 18.2 Å². The predicted molar refractivity (Wildman–Crippen MR) is 91.4 cm³/mol. The van der Waals surface area contributed by atoms with Crippen LogP contribution in [0.1, 0.15) is 31.9 Å². The fraction of sp³-hybridized carbons (Fsp3) is 0.294. The normalized spacial score (nSPS) is 12.4. The third kappa shape index (κ3) is 4.83. The SMILES string of the molecule is CCCNC(C)c1cc(F)ccc1Sc1ccc(Br)cc1. The van der Waals surface area contributed by atoms with Gasteiger partial charge in [0, 0.05) is 20.3 Å². The quantitative estimate of drug-likeness (QED) is 0.692. The van der Waals surface area contributed by atoms with Crippen molar-refractivity contribution in [3.63, 3.8) is 0 Å². The second-order valence-corrected chi connectivity index (χ2v) is 6.94. The summed E-state index contributed by atoms with van der Waals surface area (Å²) in [6.45, 7) is 5.14. The lowest BCUT2D eigenvalue weighted by atomic mass is 10.1. The molecular weight excluding hydrogens is 349 g/mol. The van der Waals surface area contributed by atoms with Gasteiger partial charge in [0.15, 0.2) is 0 Å². The first kappa shape index (κ1) is 16.5. The maximum atomic E-state index is 13.6. The Bertz CT molecular complexity index is 586. The zero-order valence-electron chi connectivity index (χ0n) is 12.2. The molecule has 2 aromatic rings. The molecule has 112 valence electrons. The molecule has 21 heavy (non-hydrogen) atoms. The van der Waals surface area contributed by atoms with Crippen molar-refractivity contribution in [2.75, 3.05) is 6.54 Å². The van der Waals surface area contributed by atoms with Crippen LogP contribution in [0.2, 0.25) is 0 Å². The van der Waals surface area contributed by atoms with Gasteiger partial charge >= 0.3 is 0 Å². The number of hydrogen-bond donors (Lipinski definition) is 1. The molecule has 1 unspecified atom stereocenters. The highest BCUT2D eigenvalue weighted by Gasteiger charge is 2.12. The second-order valence-electron chi connectivity index (χ2n) is 4.91. The Labute approximate surface area is 138 Å². The van der Waals surface area contributed by atoms with Gasteiger partial charge in [-0.2, -0.15) is 0 Å². The summed E-state index contributed by atoms with van der Waals surface area (Å²) >= 11 is 5.10. The summed E-state index contributed by atoms with van der Waals surface area (Å²) in [6, 6.07) is 13.3. The van der Waals surface area contributed by atoms with Gasteiger partial charge in [0.1, 0.15) is 5.82 Å². The van der Waals surface area contributed by atoms with Crippen molar-refractivity contribution in [3.8, 4) is 0 Å². The van der Waals surface area contributed by atoms with Crippen LogP contribution in [0.25, 0.3) is 0 Å². The van der Waals surface area contributed by atoms with Gasteiger partial charge in [0.25, 0.3) is 0 Å². The van der Waals surface area contributed by atoms with Crippen molar-refractivity contribution >= 4 is 27.7 Å². The summed E-state index contributed by atoms with van der Waals surface area (Å²) in [4.78, 5) is 2.24. The third-order valence-electron chi connectivity index (χ3n) is 3.18. The molecule has 0 aliphatic carbocycles. The molecule has 0 saturated heterocycles. The third-order valence-corrected chi connectivity index (χ3v) is 4.81. The predicted octanol–water partition coefficient (Wildman–Crippen LogP) is 5.80. The van der Waals surface area contributed by atoms with Crippen molar-refractivity contribution in [1.29, 1.82) is 0 Å². The Morgan fingerprint density at radius 3 is 2.57 bits per heavy atom. The first-order valence-corrected chi connectivity index (χ1v) is 8.67. The zero-order valence-corrected chi connectivity index (χ0v) is 14.6. The summed E-state index contributed by atoms with van der Waals surface area (Å²) in [5.41, 5.74) is 1.01. The summed E-state index contributed by atoms with van der Waals surface area (Å²) in [6.07, 6.45) is 1.06. The molecule has 2 rings (SSSR count). The smallest absolute Gasteiger partial charge is 0.123 e. The number of halogens is 2. The molecule has 0 aliphatic rings. The van der Waals surface area contributed by atoms with E-state index in [-0.39, 0.29) is 11.9 Å². The van der Waals surface area contributed by atoms with Crippen molar-refractivity contribution in [3.05, 3.63) is 58.3 Å². The van der Waals surface area contributed by atoms with Crippen LogP contribution in [-0.4, -0.2) is 6.54 Å². The molecular formula is C17H19BrFNS. The molecule has 0 radical (unpaired) electrons. The van der Waals surface area contributed by atoms with Gasteiger partial charge in [-0.15, -0.1) is 0 Å². The fourth-order valence-electron chi connectivity index (χ4n) is 2.05. The first-order chi connectivity index (χ1) is 10.1. The number of nitrogens with one attached hydrogen (secondary N) is 1. The number of hydrogen-bond acceptors (Lipinski definition) is 2. The summed E-state index contributed by atoms with van der Waals surface area (Å²) in [5, 5.41) is 3.42. The molecule has 0 aromatic heterocycles. The molecule has 1 atom stereocenters. The summed E-state index contributed by atoms with van der Waals surface area (Å²) in [7, 11) is 0. The van der Waals surface area contributed by atoms with E-state index in [1.54, 1.807) is 17.8 Å². The van der Waals surface area contributed by atoms with Crippen LogP contribution in [0.5, 0.6) is 0 Å². The molecule has 0 aliphatic heterocycles. The maximum absolute atomic E-state index is 13.6. The standard InChI is InChI=1S/C17H19BrFNS/c1-3-10-20-12(2)16-11-14(19)6-9-17(16)21-15-7-4-13(18)5-8-15/h4-9,11-12,20H,3,10H2,1-2H3. The average molecular weight is 368 g/mol. The Hall–Kier alpha value is -0.840. The molecule has 4 heteroatoms. The highest BCUT2D eigenvalue weighted by Crippen LogP contribution is 2.34. The van der Waals surface area contributed by atoms with E-state index in [9.17, 15) is 4.39 Å². The zero-order chi connectivity index (χ0) is 15.2. The fourth-order valence-corrected chi connectivity index (χ4v) is 3.33. The van der Waals surface area contributed by atoms with Gasteiger partial charge in [-0.25, -0.2) is 4.39 Å². The first-order valence-electron chi connectivity index (χ1n) is 7.06. The van der Waals surface area contributed by atoms with Crippen LogP contribution in [0, 0.1) is 5.82 Å². The average Bonchev–Trinajstić information content (AvgIpc) is 2.49. The minimum atomic E-state index is -0.185. The Morgan fingerprint density at radius 1 is 1.19 bits per heavy atom. The van der Waals surface area contributed by atoms with Crippen molar-refractivity contribution in [1.82, 2.24) is 5.32 Å². The molecule has 2 aromatic carbocycles. The Kier molecular flexibility index (Phi) is 6.27. The monoisotopic (exact) mass is 367 g/mol. The van der Waals surface area contributed by atoms with Crippen molar-refractivity contribution in [2.45, 2.75) is 36.1 Å². The molecule has 0 spiro atoms. The summed E-state index contributed by atoms with van der Waals surface area (Å²) in [5.74, 6) is -0.185. The van der Waals surface area contributed by atoms with Crippen LogP contribution >= 0.6 is 27.7 Å². The van der Waals surface area contributed by atoms with Gasteiger partial charge in [-0.05, 0) is 67.9 Å². The van der Waals surface area contributed by atoms with E-state index >= 15 is 0 Å². The minimum absolute atomic E-state index is 0.138. The van der Waals surface area contributed by atoms with Gasteiger partial charge < -0.3 is 5.32 Å². The van der Waals surface area contributed by atoms with E-state index in [2.05, 4.69) is 47.2 Å². The van der Waals surface area contributed by atoms with Crippen LogP contribution < -0.4 is 5.32 Å². The molecule has 0 fully saturated rings. The molecule has 0 bridgehead atoms. The Balaban J connectivity index is 2.23. The van der Waals surface area contributed by atoms with Crippen LogP contribution in [0.4, 0.5) is 4.39 Å². The molecule has 1 nitrogen and oxygen atoms in total. The minimum Gasteiger partial charge on any atom is -0.310 e. The van der Waals surface area contributed by atoms with Gasteiger partial charge in [0.05, 0.1) is 0 Å². The number of rotatable bonds is 6. The highest BCUT2D eigenvalue weighted by molar-refractivity contribution is 9.10. The van der Waals surface area contributed by atoms with E-state index in [0.29, 0.717) is 0 Å². The van der Waals surface area contributed by atoms with E-state index in [0.717, 1.165) is 32.8 Å². The van der Waals surface area contributed by atoms with Crippen molar-refractivity contribution in [2.24, 2.45) is 0 Å². The lowest BCUT2D eigenvalue weighted by molar-refractivity contribution is 0.554. The lowest BCUT2D eigenvalue weighted by Crippen LogP contribution is -2.20. The van der Waals surface area contributed by atoms with Crippen LogP contribution in [-0.2, 0) is 0 Å². The van der Waals surface area contributed by atoms with Gasteiger partial charge in [0.2, 0.25) is 0 Å². The molecule has 0 heterocycles. The van der Waals surface area contributed by atoms with Gasteiger partial charge in [-0.1, -0.05) is 34.6 Å². The second kappa shape index (κ2) is 7.97. The highest BCUT2D eigenvalue weighted by atomic mass is 79.9.